The average Bonchev–Trinajstić information content (AvgIpc) is 2.99. The van der Waals surface area contributed by atoms with Crippen LogP contribution >= 0.6 is 0 Å². The van der Waals surface area contributed by atoms with Crippen LogP contribution in [0, 0.1) is 5.41 Å². The number of guanidine groups is 1. The van der Waals surface area contributed by atoms with Gasteiger partial charge in [-0.25, -0.2) is 4.79 Å². The van der Waals surface area contributed by atoms with Gasteiger partial charge in [-0.1, -0.05) is 30.3 Å². The normalized spacial score (nSPS) is 13.8. The van der Waals surface area contributed by atoms with Gasteiger partial charge in [-0.05, 0) is 90.9 Å². The maximum atomic E-state index is 12.5. The molecule has 1 atom stereocenters. The van der Waals surface area contributed by atoms with Gasteiger partial charge < -0.3 is 30.5 Å². The summed E-state index contributed by atoms with van der Waals surface area (Å²) in [7, 11) is 0. The van der Waals surface area contributed by atoms with E-state index >= 15 is 0 Å². The van der Waals surface area contributed by atoms with Crippen molar-refractivity contribution in [1.82, 2.24) is 5.32 Å². The van der Waals surface area contributed by atoms with Gasteiger partial charge in [-0.3, -0.25) is 10.2 Å². The van der Waals surface area contributed by atoms with Crippen molar-refractivity contribution in [2.75, 3.05) is 16.8 Å². The van der Waals surface area contributed by atoms with E-state index in [1.54, 1.807) is 29.2 Å². The van der Waals surface area contributed by atoms with E-state index in [1.165, 1.54) is 24.1 Å². The summed E-state index contributed by atoms with van der Waals surface area (Å²) >= 11 is 0. The monoisotopic (exact) mass is 596 g/mol. The second-order valence-corrected chi connectivity index (χ2v) is 9.91. The molecule has 3 aromatic rings. The first-order chi connectivity index (χ1) is 20.5. The van der Waals surface area contributed by atoms with Gasteiger partial charge in [0.2, 0.25) is 0 Å². The molecule has 0 unspecified atom stereocenters. The lowest BCUT2D eigenvalue weighted by Crippen LogP contribution is -2.36. The zero-order valence-corrected chi connectivity index (χ0v) is 23.0. The maximum Gasteiger partial charge on any atom is 0.573 e. The number of benzene rings is 3. The Bertz CT molecular complexity index is 1460. The van der Waals surface area contributed by atoms with Gasteiger partial charge in [0.25, 0.3) is 5.91 Å². The molecule has 3 aromatic carbocycles. The molecule has 0 bridgehead atoms. The van der Waals surface area contributed by atoms with E-state index in [0.717, 1.165) is 42.5 Å². The van der Waals surface area contributed by atoms with E-state index in [9.17, 15) is 27.9 Å². The lowest BCUT2D eigenvalue weighted by Gasteiger charge is -2.27. The van der Waals surface area contributed by atoms with Crippen molar-refractivity contribution in [2.24, 2.45) is 0 Å². The molecule has 43 heavy (non-hydrogen) atoms. The number of carboxylic acid groups (broad SMARTS) is 1. The Hall–Kier alpha value is -4.84. The summed E-state index contributed by atoms with van der Waals surface area (Å²) in [5.41, 5.74) is 4.45. The van der Waals surface area contributed by atoms with E-state index in [2.05, 4.69) is 21.4 Å². The number of hydrogen-bond donors (Lipinski definition) is 5. The Morgan fingerprint density at radius 3 is 2.23 bits per heavy atom. The van der Waals surface area contributed by atoms with Crippen molar-refractivity contribution >= 4 is 34.8 Å². The highest BCUT2D eigenvalue weighted by Crippen LogP contribution is 2.29. The Morgan fingerprint density at radius 1 is 0.977 bits per heavy atom. The van der Waals surface area contributed by atoms with Crippen LogP contribution in [0.4, 0.5) is 24.5 Å². The number of rotatable bonds is 10. The molecule has 226 valence electrons. The molecule has 9 nitrogen and oxygen atoms in total. The van der Waals surface area contributed by atoms with Crippen LogP contribution in [0.2, 0.25) is 0 Å². The van der Waals surface area contributed by atoms with Gasteiger partial charge in [0.05, 0.1) is 13.1 Å². The summed E-state index contributed by atoms with van der Waals surface area (Å²) in [6, 6.07) is 19.3. The van der Waals surface area contributed by atoms with Crippen molar-refractivity contribution < 1.29 is 37.7 Å². The van der Waals surface area contributed by atoms with Crippen LogP contribution in [0.25, 0.3) is 5.57 Å². The minimum Gasteiger partial charge on any atom is -0.479 e. The van der Waals surface area contributed by atoms with Crippen molar-refractivity contribution in [3.05, 3.63) is 95.6 Å². The smallest absolute Gasteiger partial charge is 0.479 e. The van der Waals surface area contributed by atoms with Crippen molar-refractivity contribution in [1.29, 1.82) is 5.41 Å². The quantitative estimate of drug-likeness (QED) is 0.148. The van der Waals surface area contributed by atoms with Crippen LogP contribution in [-0.2, 0) is 11.3 Å². The molecule has 4 rings (SSSR count). The molecule has 0 saturated carbocycles. The first kappa shape index (κ1) is 31.1. The summed E-state index contributed by atoms with van der Waals surface area (Å²) in [5.74, 6) is -2.42. The molecule has 0 aromatic heterocycles. The molecular formula is C31H31F3N4O5. The second-order valence-electron chi connectivity index (χ2n) is 9.91. The number of aliphatic hydroxyl groups excluding tert-OH is 1. The van der Waals surface area contributed by atoms with Crippen LogP contribution in [-0.4, -0.2) is 47.1 Å². The highest BCUT2D eigenvalue weighted by atomic mass is 19.4. The van der Waals surface area contributed by atoms with E-state index in [1.807, 2.05) is 24.3 Å². The number of amides is 1. The number of carboxylic acids is 1. The predicted molar refractivity (Wildman–Crippen MR) is 156 cm³/mol. The molecule has 12 heteroatoms. The number of alkyl halides is 3. The van der Waals surface area contributed by atoms with Crippen LogP contribution in [0.15, 0.2) is 78.9 Å². The SMILES string of the molecule is N=C(Nc1ccc(OC(F)(F)F)cc1)N(Cc1ccc(C(=O)NC[C@@H](O)C(=O)O)cc1)c1ccc(C2=CCCCC2)cc1. The Labute approximate surface area is 246 Å². The lowest BCUT2D eigenvalue weighted by molar-refractivity contribution is -0.274. The molecule has 1 amide bonds. The lowest BCUT2D eigenvalue weighted by atomic mass is 9.93. The van der Waals surface area contributed by atoms with E-state index in [0.29, 0.717) is 11.4 Å². The largest absolute Gasteiger partial charge is 0.573 e. The average molecular weight is 597 g/mol. The minimum atomic E-state index is -4.81. The van der Waals surface area contributed by atoms with Gasteiger partial charge in [0.15, 0.2) is 12.1 Å². The molecule has 0 saturated heterocycles. The first-order valence-corrected chi connectivity index (χ1v) is 13.5. The van der Waals surface area contributed by atoms with Crippen molar-refractivity contribution in [2.45, 2.75) is 44.7 Å². The molecule has 1 aliphatic carbocycles. The molecule has 1 aliphatic rings. The summed E-state index contributed by atoms with van der Waals surface area (Å²) in [6.07, 6.45) is 0.0639. The highest BCUT2D eigenvalue weighted by molar-refractivity contribution is 6.03. The number of carbonyl (C=O) groups is 2. The highest BCUT2D eigenvalue weighted by Gasteiger charge is 2.31. The summed E-state index contributed by atoms with van der Waals surface area (Å²) < 4.78 is 41.5. The van der Waals surface area contributed by atoms with Gasteiger partial charge in [0.1, 0.15) is 5.75 Å². The summed E-state index contributed by atoms with van der Waals surface area (Å²) in [6.45, 7) is -0.231. The van der Waals surface area contributed by atoms with Crippen molar-refractivity contribution in [3.8, 4) is 5.75 Å². The number of carbonyl (C=O) groups excluding carboxylic acids is 1. The van der Waals surface area contributed by atoms with Crippen LogP contribution in [0.3, 0.4) is 0 Å². The van der Waals surface area contributed by atoms with Gasteiger partial charge in [0, 0.05) is 16.9 Å². The molecule has 0 heterocycles. The zero-order valence-electron chi connectivity index (χ0n) is 23.0. The molecule has 5 N–H and O–H groups in total. The second kappa shape index (κ2) is 13.9. The van der Waals surface area contributed by atoms with Crippen LogP contribution in [0.1, 0.15) is 47.2 Å². The maximum absolute atomic E-state index is 12.5. The Balaban J connectivity index is 1.52. The number of allylic oxidation sites excluding steroid dienone is 2. The van der Waals surface area contributed by atoms with E-state index in [-0.39, 0.29) is 23.8 Å². The predicted octanol–water partition coefficient (Wildman–Crippen LogP) is 5.77. The van der Waals surface area contributed by atoms with Crippen LogP contribution in [0.5, 0.6) is 5.75 Å². The molecule has 0 radical (unpaired) electrons. The summed E-state index contributed by atoms with van der Waals surface area (Å²) in [4.78, 5) is 24.8. The number of ether oxygens (including phenoxy) is 1. The molecule has 0 aliphatic heterocycles. The van der Waals surface area contributed by atoms with Gasteiger partial charge >= 0.3 is 12.3 Å². The third-order valence-corrected chi connectivity index (χ3v) is 6.76. The third-order valence-electron chi connectivity index (χ3n) is 6.76. The van der Waals surface area contributed by atoms with Crippen LogP contribution < -0.4 is 20.3 Å². The van der Waals surface area contributed by atoms with Crippen molar-refractivity contribution in [3.63, 3.8) is 0 Å². The fourth-order valence-corrected chi connectivity index (χ4v) is 4.52. The number of nitrogens with one attached hydrogen (secondary N) is 3. The third kappa shape index (κ3) is 9.07. The number of aliphatic hydroxyl groups is 1. The minimum absolute atomic E-state index is 0.0430. The van der Waals surface area contributed by atoms with Gasteiger partial charge in [-0.15, -0.1) is 13.2 Å². The van der Waals surface area contributed by atoms with E-state index < -0.39 is 30.9 Å². The first-order valence-electron chi connectivity index (χ1n) is 13.5. The standard InChI is InChI=1S/C31H31F3N4O5/c32-31(33,34)43-26-16-12-24(13-17-26)37-30(35)38(25-14-10-22(11-15-25)21-4-2-1-3-5-21)19-20-6-8-23(9-7-20)28(40)36-18-27(39)29(41)42/h4,6-17,27,39H,1-3,5,18-19H2,(H2,35,37)(H,36,40)(H,41,42)/t27-/m1/s1. The Morgan fingerprint density at radius 2 is 1.65 bits per heavy atom. The molecule has 0 spiro atoms. The summed E-state index contributed by atoms with van der Waals surface area (Å²) in [5, 5.41) is 32.2. The van der Waals surface area contributed by atoms with E-state index in [4.69, 9.17) is 10.5 Å². The number of nitrogens with zero attached hydrogens (tertiary/aromatic N) is 1. The van der Waals surface area contributed by atoms with Gasteiger partial charge in [-0.2, -0.15) is 0 Å². The number of halogens is 3. The zero-order chi connectivity index (χ0) is 31.0. The Kier molecular flexibility index (Phi) is 10.0. The fraction of sp³-hybridized carbons (Fsp3) is 0.258. The number of aliphatic carboxylic acids is 1. The number of hydrogen-bond acceptors (Lipinski definition) is 5. The number of anilines is 2. The molecular weight excluding hydrogens is 565 g/mol. The topological polar surface area (TPSA) is 135 Å². The fourth-order valence-electron chi connectivity index (χ4n) is 4.52. The molecule has 0 fully saturated rings.